The Hall–Kier alpha value is -2.02. The fourth-order valence-electron chi connectivity index (χ4n) is 1.26. The molecular formula is C13H16N2O2. The van der Waals surface area contributed by atoms with Crippen LogP contribution in [0.25, 0.3) is 0 Å². The number of amides is 1. The van der Waals surface area contributed by atoms with Crippen LogP contribution in [0.4, 0.5) is 0 Å². The first-order valence-corrected chi connectivity index (χ1v) is 5.66. The van der Waals surface area contributed by atoms with Gasteiger partial charge in [-0.1, -0.05) is 19.4 Å². The fourth-order valence-corrected chi connectivity index (χ4v) is 1.26. The molecule has 0 heterocycles. The van der Waals surface area contributed by atoms with Gasteiger partial charge >= 0.3 is 0 Å². The molecule has 0 aliphatic carbocycles. The molecule has 0 saturated heterocycles. The largest absolute Gasteiger partial charge is 0.484 e. The monoisotopic (exact) mass is 232 g/mol. The molecule has 17 heavy (non-hydrogen) atoms. The normalized spacial score (nSPS) is 9.41. The average molecular weight is 232 g/mol. The van der Waals surface area contributed by atoms with Crippen LogP contribution in [-0.4, -0.2) is 19.1 Å². The molecule has 4 heteroatoms. The summed E-state index contributed by atoms with van der Waals surface area (Å²) in [5.41, 5.74) is 0.522. The molecule has 1 aromatic rings. The summed E-state index contributed by atoms with van der Waals surface area (Å²) in [5, 5.41) is 11.5. The van der Waals surface area contributed by atoms with Crippen molar-refractivity contribution >= 4 is 5.91 Å². The van der Waals surface area contributed by atoms with Crippen LogP contribution in [0.3, 0.4) is 0 Å². The van der Waals surface area contributed by atoms with E-state index in [1.807, 2.05) is 6.07 Å². The predicted octanol–water partition coefficient (Wildman–Crippen LogP) is 1.85. The second kappa shape index (κ2) is 7.29. The van der Waals surface area contributed by atoms with Crippen LogP contribution in [0.2, 0.25) is 0 Å². The second-order valence-corrected chi connectivity index (χ2v) is 3.63. The Balaban J connectivity index is 2.34. The fraction of sp³-hybridized carbons (Fsp3) is 0.385. The van der Waals surface area contributed by atoms with Gasteiger partial charge in [0, 0.05) is 6.54 Å². The molecule has 0 fully saturated rings. The number of ether oxygens (including phenoxy) is 1. The van der Waals surface area contributed by atoms with E-state index in [0.29, 0.717) is 17.9 Å². The Kier molecular flexibility index (Phi) is 5.59. The van der Waals surface area contributed by atoms with Gasteiger partial charge in [-0.05, 0) is 24.6 Å². The number of carbonyl (C=O) groups excluding carboxylic acids is 1. The summed E-state index contributed by atoms with van der Waals surface area (Å²) in [4.78, 5) is 11.3. The van der Waals surface area contributed by atoms with Crippen molar-refractivity contribution in [3.05, 3.63) is 29.8 Å². The number of nitrogens with zero attached hydrogens (tertiary/aromatic N) is 1. The maximum Gasteiger partial charge on any atom is 0.257 e. The number of nitrogens with one attached hydrogen (secondary N) is 1. The summed E-state index contributed by atoms with van der Waals surface area (Å²) in [6.45, 7) is 2.73. The number of benzene rings is 1. The van der Waals surface area contributed by atoms with E-state index in [4.69, 9.17) is 10.00 Å². The van der Waals surface area contributed by atoms with Gasteiger partial charge in [-0.15, -0.1) is 0 Å². The number of carbonyl (C=O) groups is 1. The van der Waals surface area contributed by atoms with Gasteiger partial charge in [0.05, 0.1) is 11.6 Å². The zero-order chi connectivity index (χ0) is 12.5. The van der Waals surface area contributed by atoms with Crippen molar-refractivity contribution in [1.29, 1.82) is 5.26 Å². The number of nitriles is 1. The van der Waals surface area contributed by atoms with Crippen LogP contribution in [0.5, 0.6) is 5.75 Å². The zero-order valence-corrected chi connectivity index (χ0v) is 9.90. The molecule has 4 nitrogen and oxygen atoms in total. The molecule has 0 atom stereocenters. The standard InChI is InChI=1S/C13H16N2O2/c1-2-3-7-15-13(16)10-17-12-6-4-5-11(8-12)9-14/h4-6,8H,2-3,7,10H2,1H3,(H,15,16). The SMILES string of the molecule is CCCCNC(=O)COc1cccc(C#N)c1. The molecule has 0 unspecified atom stereocenters. The molecule has 1 rings (SSSR count). The number of unbranched alkanes of at least 4 members (excludes halogenated alkanes) is 1. The predicted molar refractivity (Wildman–Crippen MR) is 64.6 cm³/mol. The van der Waals surface area contributed by atoms with Gasteiger partial charge in [0.2, 0.25) is 0 Å². The first-order valence-electron chi connectivity index (χ1n) is 5.66. The molecule has 0 aromatic heterocycles. The lowest BCUT2D eigenvalue weighted by molar-refractivity contribution is -0.123. The summed E-state index contributed by atoms with van der Waals surface area (Å²) >= 11 is 0. The van der Waals surface area contributed by atoms with Crippen molar-refractivity contribution in [1.82, 2.24) is 5.32 Å². The summed E-state index contributed by atoms with van der Waals surface area (Å²) in [6, 6.07) is 8.76. The van der Waals surface area contributed by atoms with E-state index in [1.54, 1.807) is 24.3 Å². The van der Waals surface area contributed by atoms with Crippen LogP contribution in [0, 0.1) is 11.3 Å². The molecule has 90 valence electrons. The first kappa shape index (κ1) is 13.0. The summed E-state index contributed by atoms with van der Waals surface area (Å²) in [6.07, 6.45) is 2.01. The molecule has 0 aliphatic heterocycles. The lowest BCUT2D eigenvalue weighted by atomic mass is 10.2. The van der Waals surface area contributed by atoms with E-state index >= 15 is 0 Å². The summed E-state index contributed by atoms with van der Waals surface area (Å²) < 4.78 is 5.28. The molecule has 0 saturated carbocycles. The van der Waals surface area contributed by atoms with Gasteiger partial charge in [-0.3, -0.25) is 4.79 Å². The Labute approximate surface area is 101 Å². The molecule has 1 amide bonds. The van der Waals surface area contributed by atoms with E-state index in [9.17, 15) is 4.79 Å². The molecule has 1 aromatic carbocycles. The molecule has 1 N–H and O–H groups in total. The highest BCUT2D eigenvalue weighted by atomic mass is 16.5. The number of hydrogen-bond donors (Lipinski definition) is 1. The highest BCUT2D eigenvalue weighted by Crippen LogP contribution is 2.12. The number of rotatable bonds is 6. The maximum absolute atomic E-state index is 11.3. The topological polar surface area (TPSA) is 62.1 Å². The quantitative estimate of drug-likeness (QED) is 0.761. The van der Waals surface area contributed by atoms with Crippen LogP contribution < -0.4 is 10.1 Å². The van der Waals surface area contributed by atoms with E-state index in [1.165, 1.54) is 0 Å². The van der Waals surface area contributed by atoms with Gasteiger partial charge < -0.3 is 10.1 Å². The average Bonchev–Trinajstić information content (AvgIpc) is 2.37. The third-order valence-electron chi connectivity index (χ3n) is 2.19. The van der Waals surface area contributed by atoms with Crippen LogP contribution in [-0.2, 0) is 4.79 Å². The zero-order valence-electron chi connectivity index (χ0n) is 9.90. The van der Waals surface area contributed by atoms with Crippen molar-refractivity contribution in [3.8, 4) is 11.8 Å². The lowest BCUT2D eigenvalue weighted by Gasteiger charge is -2.07. The van der Waals surface area contributed by atoms with Gasteiger partial charge in [0.15, 0.2) is 6.61 Å². The van der Waals surface area contributed by atoms with Crippen molar-refractivity contribution in [2.24, 2.45) is 0 Å². The Morgan fingerprint density at radius 2 is 2.35 bits per heavy atom. The van der Waals surface area contributed by atoms with Crippen molar-refractivity contribution in [2.45, 2.75) is 19.8 Å². The van der Waals surface area contributed by atoms with Crippen LogP contribution in [0.15, 0.2) is 24.3 Å². The smallest absolute Gasteiger partial charge is 0.257 e. The van der Waals surface area contributed by atoms with Crippen LogP contribution in [0.1, 0.15) is 25.3 Å². The Morgan fingerprint density at radius 1 is 1.53 bits per heavy atom. The Morgan fingerprint density at radius 3 is 3.06 bits per heavy atom. The van der Waals surface area contributed by atoms with Gasteiger partial charge in [-0.2, -0.15) is 5.26 Å². The summed E-state index contributed by atoms with van der Waals surface area (Å²) in [7, 11) is 0. The first-order chi connectivity index (χ1) is 8.26. The highest BCUT2D eigenvalue weighted by Gasteiger charge is 2.02. The van der Waals surface area contributed by atoms with E-state index in [2.05, 4.69) is 12.2 Å². The van der Waals surface area contributed by atoms with Crippen LogP contribution >= 0.6 is 0 Å². The maximum atomic E-state index is 11.3. The molecule has 0 radical (unpaired) electrons. The molecular weight excluding hydrogens is 216 g/mol. The van der Waals surface area contributed by atoms with Crippen molar-refractivity contribution in [3.63, 3.8) is 0 Å². The third-order valence-corrected chi connectivity index (χ3v) is 2.19. The van der Waals surface area contributed by atoms with Crippen molar-refractivity contribution < 1.29 is 9.53 Å². The van der Waals surface area contributed by atoms with E-state index in [0.717, 1.165) is 12.8 Å². The number of hydrogen-bond acceptors (Lipinski definition) is 3. The molecule has 0 aliphatic rings. The van der Waals surface area contributed by atoms with Gasteiger partial charge in [0.1, 0.15) is 5.75 Å². The molecule has 0 bridgehead atoms. The molecule has 0 spiro atoms. The second-order valence-electron chi connectivity index (χ2n) is 3.63. The minimum atomic E-state index is -0.138. The Bertz CT molecular complexity index is 410. The van der Waals surface area contributed by atoms with Gasteiger partial charge in [0.25, 0.3) is 5.91 Å². The minimum absolute atomic E-state index is 0.0153. The van der Waals surface area contributed by atoms with Crippen molar-refractivity contribution in [2.75, 3.05) is 13.2 Å². The third kappa shape index (κ3) is 5.03. The summed E-state index contributed by atoms with van der Waals surface area (Å²) in [5.74, 6) is 0.399. The van der Waals surface area contributed by atoms with E-state index < -0.39 is 0 Å². The van der Waals surface area contributed by atoms with Gasteiger partial charge in [-0.25, -0.2) is 0 Å². The van der Waals surface area contributed by atoms with E-state index in [-0.39, 0.29) is 12.5 Å². The highest BCUT2D eigenvalue weighted by molar-refractivity contribution is 5.77. The minimum Gasteiger partial charge on any atom is -0.484 e. The lowest BCUT2D eigenvalue weighted by Crippen LogP contribution is -2.29.